The summed E-state index contributed by atoms with van der Waals surface area (Å²) in [7, 11) is -2.61. The van der Waals surface area contributed by atoms with Gasteiger partial charge in [-0.1, -0.05) is 13.8 Å². The van der Waals surface area contributed by atoms with Crippen LogP contribution in [0.1, 0.15) is 25.8 Å². The van der Waals surface area contributed by atoms with Gasteiger partial charge in [-0.2, -0.15) is 12.7 Å². The van der Waals surface area contributed by atoms with Crippen LogP contribution in [0.2, 0.25) is 0 Å². The molecule has 194 valence electrons. The second kappa shape index (κ2) is 11.7. The number of likely N-dealkylation sites (N-methyl/N-ethyl adjacent to an activating group) is 1. The first-order chi connectivity index (χ1) is 17.0. The number of nitrogens with one attached hydrogen (secondary N) is 2. The van der Waals surface area contributed by atoms with Gasteiger partial charge in [0.25, 0.3) is 0 Å². The van der Waals surface area contributed by atoms with Crippen molar-refractivity contribution < 1.29 is 26.8 Å². The zero-order valence-corrected chi connectivity index (χ0v) is 21.6. The molecule has 36 heavy (non-hydrogen) atoms. The van der Waals surface area contributed by atoms with E-state index in [0.29, 0.717) is 11.2 Å². The van der Waals surface area contributed by atoms with Crippen LogP contribution in [-0.4, -0.2) is 55.8 Å². The number of hydrogen-bond donors (Lipinski definition) is 2. The Kier molecular flexibility index (Phi) is 8.93. The fraction of sp³-hybridized carbons (Fsp3) is 0.348. The Bertz CT molecular complexity index is 1330. The van der Waals surface area contributed by atoms with Gasteiger partial charge in [0.1, 0.15) is 17.7 Å². The van der Waals surface area contributed by atoms with Crippen molar-refractivity contribution in [1.82, 2.24) is 19.3 Å². The molecule has 0 saturated carbocycles. The van der Waals surface area contributed by atoms with E-state index in [4.69, 9.17) is 0 Å². The van der Waals surface area contributed by atoms with Crippen molar-refractivity contribution in [2.75, 3.05) is 25.0 Å². The summed E-state index contributed by atoms with van der Waals surface area (Å²) in [6.45, 7) is 3.54. The average molecular weight is 540 g/mol. The molecule has 0 aliphatic carbocycles. The summed E-state index contributed by atoms with van der Waals surface area (Å²) in [4.78, 5) is 31.5. The molecular weight excluding hydrogens is 512 g/mol. The number of rotatable bonds is 10. The van der Waals surface area contributed by atoms with Crippen molar-refractivity contribution >= 4 is 49.4 Å². The van der Waals surface area contributed by atoms with Crippen LogP contribution in [-0.2, 0) is 21.4 Å². The summed E-state index contributed by atoms with van der Waals surface area (Å²) in [5.41, 5.74) is 3.17. The Labute approximate surface area is 212 Å². The number of aryl methyl sites for hydroxylation is 1. The van der Waals surface area contributed by atoms with Crippen LogP contribution in [0.25, 0.3) is 10.2 Å². The fourth-order valence-electron chi connectivity index (χ4n) is 3.67. The smallest absolute Gasteiger partial charge is 0.325 e. The van der Waals surface area contributed by atoms with E-state index in [1.54, 1.807) is 31.5 Å². The van der Waals surface area contributed by atoms with Gasteiger partial charge in [-0.15, -0.1) is 11.3 Å². The van der Waals surface area contributed by atoms with Crippen LogP contribution in [0.15, 0.2) is 41.9 Å². The minimum absolute atomic E-state index is 0.0379. The maximum Gasteiger partial charge on any atom is 0.330 e. The predicted molar refractivity (Wildman–Crippen MR) is 135 cm³/mol. The Hall–Kier alpha value is -3.16. The van der Waals surface area contributed by atoms with Gasteiger partial charge in [0, 0.05) is 31.9 Å². The number of aromatic nitrogens is 1. The third-order valence-corrected chi connectivity index (χ3v) is 8.00. The Balaban J connectivity index is 1.82. The SMILES string of the molecule is CCN(CC)S(=O)(=O)NC(=O)N[C@@H](CCc1cc(F)cc(F)c1)C(=O)N(C)c1ccc2scnc2c1. The van der Waals surface area contributed by atoms with Crippen LogP contribution in [0.4, 0.5) is 19.3 Å². The van der Waals surface area contributed by atoms with Gasteiger partial charge in [-0.05, 0) is 48.7 Å². The largest absolute Gasteiger partial charge is 0.330 e. The lowest BCUT2D eigenvalue weighted by Crippen LogP contribution is -2.54. The zero-order chi connectivity index (χ0) is 26.5. The number of thiazole rings is 1. The van der Waals surface area contributed by atoms with Crippen molar-refractivity contribution in [3.05, 3.63) is 59.1 Å². The fourth-order valence-corrected chi connectivity index (χ4v) is 5.43. The number of halogens is 2. The van der Waals surface area contributed by atoms with Gasteiger partial charge in [0.15, 0.2) is 0 Å². The number of hydrogen-bond acceptors (Lipinski definition) is 6. The number of nitrogens with zero attached hydrogens (tertiary/aromatic N) is 3. The number of urea groups is 1. The quantitative estimate of drug-likeness (QED) is 0.410. The lowest BCUT2D eigenvalue weighted by atomic mass is 10.0. The monoisotopic (exact) mass is 539 g/mol. The van der Waals surface area contributed by atoms with Crippen molar-refractivity contribution in [1.29, 1.82) is 0 Å². The second-order valence-corrected chi connectivity index (χ2v) is 10.5. The molecular formula is C23H27F2N5O4S2. The molecule has 0 saturated heterocycles. The predicted octanol–water partition coefficient (Wildman–Crippen LogP) is 3.42. The summed E-state index contributed by atoms with van der Waals surface area (Å²) in [5, 5.41) is 2.41. The molecule has 0 spiro atoms. The Morgan fingerprint density at radius 3 is 2.39 bits per heavy atom. The molecule has 0 aliphatic heterocycles. The molecule has 1 aromatic heterocycles. The number of fused-ring (bicyclic) bond motifs is 1. The summed E-state index contributed by atoms with van der Waals surface area (Å²) < 4.78 is 56.0. The maximum absolute atomic E-state index is 13.6. The van der Waals surface area contributed by atoms with E-state index in [1.807, 2.05) is 10.8 Å². The van der Waals surface area contributed by atoms with E-state index in [-0.39, 0.29) is 31.5 Å². The number of anilines is 1. The van der Waals surface area contributed by atoms with E-state index in [2.05, 4.69) is 10.3 Å². The molecule has 3 rings (SSSR count). The minimum Gasteiger partial charge on any atom is -0.325 e. The first-order valence-corrected chi connectivity index (χ1v) is 13.5. The van der Waals surface area contributed by atoms with Crippen LogP contribution in [0.5, 0.6) is 0 Å². The topological polar surface area (TPSA) is 112 Å². The van der Waals surface area contributed by atoms with Crippen LogP contribution in [0.3, 0.4) is 0 Å². The molecule has 9 nitrogen and oxygen atoms in total. The number of amides is 3. The van der Waals surface area contributed by atoms with E-state index >= 15 is 0 Å². The van der Waals surface area contributed by atoms with E-state index < -0.39 is 39.8 Å². The first kappa shape index (κ1) is 27.4. The van der Waals surface area contributed by atoms with Crippen molar-refractivity contribution in [3.63, 3.8) is 0 Å². The number of carbonyl (C=O) groups is 2. The summed E-state index contributed by atoms with van der Waals surface area (Å²) in [6.07, 6.45) is 0.0108. The lowest BCUT2D eigenvalue weighted by Gasteiger charge is -2.26. The van der Waals surface area contributed by atoms with Crippen LogP contribution in [0, 0.1) is 11.6 Å². The average Bonchev–Trinajstić information content (AvgIpc) is 3.28. The number of carbonyl (C=O) groups excluding carboxylic acids is 2. The van der Waals surface area contributed by atoms with Crippen LogP contribution >= 0.6 is 11.3 Å². The second-order valence-electron chi connectivity index (χ2n) is 7.94. The Morgan fingerprint density at radius 2 is 1.75 bits per heavy atom. The first-order valence-electron chi connectivity index (χ1n) is 11.2. The highest BCUT2D eigenvalue weighted by molar-refractivity contribution is 7.87. The van der Waals surface area contributed by atoms with Crippen molar-refractivity contribution in [2.24, 2.45) is 0 Å². The highest BCUT2D eigenvalue weighted by Crippen LogP contribution is 2.24. The summed E-state index contributed by atoms with van der Waals surface area (Å²) in [6, 6.07) is 5.97. The minimum atomic E-state index is -4.12. The van der Waals surface area contributed by atoms with Crippen LogP contribution < -0.4 is 14.9 Å². The molecule has 3 amide bonds. The molecule has 0 aliphatic rings. The van der Waals surface area contributed by atoms with Crippen molar-refractivity contribution in [3.8, 4) is 0 Å². The van der Waals surface area contributed by atoms with Gasteiger partial charge in [-0.25, -0.2) is 23.3 Å². The number of benzene rings is 2. The lowest BCUT2D eigenvalue weighted by molar-refractivity contribution is -0.120. The molecule has 3 aromatic rings. The van der Waals surface area contributed by atoms with Crippen molar-refractivity contribution in [2.45, 2.75) is 32.7 Å². The molecule has 0 bridgehead atoms. The molecule has 0 fully saturated rings. The summed E-state index contributed by atoms with van der Waals surface area (Å²) in [5.74, 6) is -2.08. The molecule has 1 atom stereocenters. The zero-order valence-electron chi connectivity index (χ0n) is 20.0. The molecule has 2 aromatic carbocycles. The summed E-state index contributed by atoms with van der Waals surface area (Å²) >= 11 is 1.45. The third kappa shape index (κ3) is 6.74. The van der Waals surface area contributed by atoms with Gasteiger partial charge in [-0.3, -0.25) is 4.79 Å². The Morgan fingerprint density at radius 1 is 1.08 bits per heavy atom. The highest BCUT2D eigenvalue weighted by atomic mass is 32.2. The van der Waals surface area contributed by atoms with Gasteiger partial charge < -0.3 is 10.2 Å². The molecule has 0 unspecified atom stereocenters. The standard InChI is InChI=1S/C23H27F2N5O4S2/c1-4-30(5-2)36(33,34)28-23(32)27-19(8-6-15-10-16(24)12-17(25)11-15)22(31)29(3)18-7-9-21-20(13-18)26-14-35-21/h7,9-14,19H,4-6,8H2,1-3H3,(H2,27,28,32)/t19-/m0/s1. The highest BCUT2D eigenvalue weighted by Gasteiger charge is 2.28. The van der Waals surface area contributed by atoms with E-state index in [1.165, 1.54) is 23.3 Å². The van der Waals surface area contributed by atoms with Gasteiger partial charge in [0.05, 0.1) is 15.7 Å². The van der Waals surface area contributed by atoms with Gasteiger partial charge in [0.2, 0.25) is 5.91 Å². The van der Waals surface area contributed by atoms with Gasteiger partial charge >= 0.3 is 16.2 Å². The third-order valence-electron chi connectivity index (χ3n) is 5.55. The van der Waals surface area contributed by atoms with E-state index in [9.17, 15) is 26.8 Å². The van der Waals surface area contributed by atoms with E-state index in [0.717, 1.165) is 27.2 Å². The normalized spacial score (nSPS) is 12.5. The maximum atomic E-state index is 13.6. The molecule has 13 heteroatoms. The molecule has 2 N–H and O–H groups in total. The molecule has 1 heterocycles. The molecule has 0 radical (unpaired) electrons.